The zero-order chi connectivity index (χ0) is 15.8. The van der Waals surface area contributed by atoms with Crippen LogP contribution in [0.15, 0.2) is 35.3 Å². The van der Waals surface area contributed by atoms with Crippen molar-refractivity contribution in [1.29, 1.82) is 0 Å². The van der Waals surface area contributed by atoms with Crippen LogP contribution in [0, 0.1) is 23.2 Å². The first-order chi connectivity index (χ1) is 11.1. The van der Waals surface area contributed by atoms with E-state index in [1.54, 1.807) is 11.3 Å². The first kappa shape index (κ1) is 14.2. The van der Waals surface area contributed by atoms with Crippen molar-refractivity contribution in [2.24, 2.45) is 23.2 Å². The predicted octanol–water partition coefficient (Wildman–Crippen LogP) is 3.37. The molecule has 6 aliphatic rings. The summed E-state index contributed by atoms with van der Waals surface area (Å²) >= 11 is 0. The van der Waals surface area contributed by atoms with E-state index in [4.69, 9.17) is 0 Å². The van der Waals surface area contributed by atoms with Crippen LogP contribution in [0.25, 0.3) is 0 Å². The Hall–Kier alpha value is -1.22. The summed E-state index contributed by atoms with van der Waals surface area (Å²) in [6.45, 7) is 7.21. The molecule has 2 aliphatic carbocycles. The topological polar surface area (TPSA) is 35.5 Å². The number of aliphatic hydroxyl groups is 1. The number of piperidine rings is 2. The standard InChI is InChI=1S/C20H28N2O/c1-3-13-8-12-9-15-18-16(6-7-22(11-12)19(13)15)20(2)10-14(23)4-5-17(20)21-18/h4-5,10,12-13,15,17,19,21,23H,3,6-9,11H2,1-2H3. The molecule has 3 nitrogen and oxygen atoms in total. The second kappa shape index (κ2) is 4.66. The molecule has 0 aromatic rings. The maximum absolute atomic E-state index is 10.1. The minimum absolute atomic E-state index is 0.0340. The van der Waals surface area contributed by atoms with Gasteiger partial charge in [0.25, 0.3) is 0 Å². The lowest BCUT2D eigenvalue weighted by atomic mass is 9.65. The van der Waals surface area contributed by atoms with Crippen LogP contribution in [0.3, 0.4) is 0 Å². The van der Waals surface area contributed by atoms with Gasteiger partial charge in [0, 0.05) is 36.2 Å². The van der Waals surface area contributed by atoms with Crippen LogP contribution in [-0.4, -0.2) is 35.2 Å². The summed E-state index contributed by atoms with van der Waals surface area (Å²) in [6.07, 6.45) is 11.4. The Morgan fingerprint density at radius 3 is 3.09 bits per heavy atom. The summed E-state index contributed by atoms with van der Waals surface area (Å²) in [6, 6.07) is 1.07. The highest BCUT2D eigenvalue weighted by atomic mass is 16.3. The molecule has 124 valence electrons. The largest absolute Gasteiger partial charge is 0.508 e. The van der Waals surface area contributed by atoms with Crippen molar-refractivity contribution in [3.05, 3.63) is 35.3 Å². The first-order valence-electron chi connectivity index (χ1n) is 9.44. The molecular weight excluding hydrogens is 284 g/mol. The Morgan fingerprint density at radius 2 is 2.26 bits per heavy atom. The van der Waals surface area contributed by atoms with Crippen molar-refractivity contribution in [2.75, 3.05) is 13.1 Å². The molecule has 3 fully saturated rings. The molecule has 2 N–H and O–H groups in total. The van der Waals surface area contributed by atoms with Gasteiger partial charge in [0.1, 0.15) is 5.76 Å². The molecular formula is C20H28N2O. The van der Waals surface area contributed by atoms with Gasteiger partial charge in [-0.25, -0.2) is 0 Å². The minimum atomic E-state index is -0.0340. The number of hydrogen-bond donors (Lipinski definition) is 2. The van der Waals surface area contributed by atoms with Crippen LogP contribution in [0.2, 0.25) is 0 Å². The lowest BCUT2D eigenvalue weighted by Crippen LogP contribution is -2.58. The number of hydrogen-bond acceptors (Lipinski definition) is 3. The Bertz CT molecular complexity index is 634. The van der Waals surface area contributed by atoms with Crippen LogP contribution in [0.1, 0.15) is 39.5 Å². The fourth-order valence-corrected chi connectivity index (χ4v) is 6.43. The van der Waals surface area contributed by atoms with Crippen LogP contribution < -0.4 is 5.32 Å². The van der Waals surface area contributed by atoms with Crippen molar-refractivity contribution in [3.8, 4) is 0 Å². The molecule has 2 saturated heterocycles. The van der Waals surface area contributed by atoms with E-state index in [1.165, 1.54) is 32.4 Å². The Labute approximate surface area is 139 Å². The van der Waals surface area contributed by atoms with E-state index >= 15 is 0 Å². The summed E-state index contributed by atoms with van der Waals surface area (Å²) in [5.41, 5.74) is 3.09. The van der Waals surface area contributed by atoms with Crippen molar-refractivity contribution >= 4 is 0 Å². The Morgan fingerprint density at radius 1 is 1.39 bits per heavy atom. The molecule has 7 unspecified atom stereocenters. The average Bonchev–Trinajstić information content (AvgIpc) is 2.77. The number of rotatable bonds is 1. The fourth-order valence-electron chi connectivity index (χ4n) is 6.43. The van der Waals surface area contributed by atoms with Gasteiger partial charge in [0.15, 0.2) is 0 Å². The predicted molar refractivity (Wildman–Crippen MR) is 91.9 cm³/mol. The van der Waals surface area contributed by atoms with Crippen LogP contribution >= 0.6 is 0 Å². The molecule has 0 amide bonds. The number of fused-ring (bicyclic) bond motifs is 3. The number of allylic oxidation sites excluding steroid dienone is 1. The molecule has 7 atom stereocenters. The minimum Gasteiger partial charge on any atom is -0.508 e. The van der Waals surface area contributed by atoms with Crippen LogP contribution in [0.4, 0.5) is 0 Å². The number of aliphatic hydroxyl groups excluding tert-OH is 1. The van der Waals surface area contributed by atoms with Gasteiger partial charge in [-0.15, -0.1) is 0 Å². The third kappa shape index (κ3) is 1.80. The summed E-state index contributed by atoms with van der Waals surface area (Å²) in [5.74, 6) is 2.88. The summed E-state index contributed by atoms with van der Waals surface area (Å²) in [7, 11) is 0. The van der Waals surface area contributed by atoms with E-state index < -0.39 is 0 Å². The summed E-state index contributed by atoms with van der Waals surface area (Å²) < 4.78 is 0. The number of nitrogens with zero attached hydrogens (tertiary/aromatic N) is 1. The van der Waals surface area contributed by atoms with Crippen molar-refractivity contribution in [3.63, 3.8) is 0 Å². The summed E-state index contributed by atoms with van der Waals surface area (Å²) in [4.78, 5) is 2.80. The zero-order valence-corrected chi connectivity index (χ0v) is 14.3. The molecule has 4 aliphatic heterocycles. The lowest BCUT2D eigenvalue weighted by Gasteiger charge is -2.54. The molecule has 4 heterocycles. The monoisotopic (exact) mass is 312 g/mol. The highest BCUT2D eigenvalue weighted by Crippen LogP contribution is 2.54. The van der Waals surface area contributed by atoms with Gasteiger partial charge in [0.05, 0.1) is 6.04 Å². The Balaban J connectivity index is 1.59. The van der Waals surface area contributed by atoms with Crippen LogP contribution in [0.5, 0.6) is 0 Å². The van der Waals surface area contributed by atoms with Gasteiger partial charge in [-0.3, -0.25) is 4.90 Å². The second-order valence-corrected chi connectivity index (χ2v) is 8.57. The quantitative estimate of drug-likeness (QED) is 0.779. The maximum Gasteiger partial charge on any atom is 0.112 e. The average molecular weight is 312 g/mol. The highest BCUT2D eigenvalue weighted by molar-refractivity contribution is 5.45. The normalized spacial score (nSPS) is 50.1. The molecule has 4 bridgehead atoms. The van der Waals surface area contributed by atoms with Crippen molar-refractivity contribution < 1.29 is 5.11 Å². The third-order valence-corrected chi connectivity index (χ3v) is 7.42. The molecule has 6 rings (SSSR count). The molecule has 0 aromatic heterocycles. The van der Waals surface area contributed by atoms with E-state index in [2.05, 4.69) is 36.2 Å². The lowest BCUT2D eigenvalue weighted by molar-refractivity contribution is -0.0289. The maximum atomic E-state index is 10.1. The molecule has 23 heavy (non-hydrogen) atoms. The van der Waals surface area contributed by atoms with Gasteiger partial charge in [-0.05, 0) is 55.7 Å². The van der Waals surface area contributed by atoms with E-state index in [9.17, 15) is 5.11 Å². The Kier molecular flexibility index (Phi) is 2.87. The molecule has 3 heteroatoms. The molecule has 1 saturated carbocycles. The fraction of sp³-hybridized carbons (Fsp3) is 0.700. The summed E-state index contributed by atoms with van der Waals surface area (Å²) in [5, 5.41) is 14.0. The van der Waals surface area contributed by atoms with E-state index in [0.717, 1.165) is 24.3 Å². The first-order valence-corrected chi connectivity index (χ1v) is 9.44. The SMILES string of the molecule is CCC1CC2CC3C4=C(CCN(C2)C13)C1(C)C=C(O)C=CC1N4. The molecule has 0 aromatic carbocycles. The number of nitrogens with one attached hydrogen (secondary N) is 1. The van der Waals surface area contributed by atoms with E-state index in [-0.39, 0.29) is 5.41 Å². The molecule has 0 spiro atoms. The zero-order valence-electron chi connectivity index (χ0n) is 14.3. The van der Waals surface area contributed by atoms with Gasteiger partial charge in [-0.2, -0.15) is 0 Å². The third-order valence-electron chi connectivity index (χ3n) is 7.42. The van der Waals surface area contributed by atoms with Crippen molar-refractivity contribution in [1.82, 2.24) is 10.2 Å². The van der Waals surface area contributed by atoms with E-state index in [0.29, 0.717) is 17.7 Å². The highest BCUT2D eigenvalue weighted by Gasteiger charge is 2.54. The van der Waals surface area contributed by atoms with Gasteiger partial charge < -0.3 is 10.4 Å². The molecule has 0 radical (unpaired) electrons. The smallest absolute Gasteiger partial charge is 0.112 e. The van der Waals surface area contributed by atoms with E-state index in [1.807, 2.05) is 6.08 Å². The van der Waals surface area contributed by atoms with Gasteiger partial charge >= 0.3 is 0 Å². The van der Waals surface area contributed by atoms with Crippen LogP contribution in [-0.2, 0) is 0 Å². The van der Waals surface area contributed by atoms with Crippen molar-refractivity contribution in [2.45, 2.75) is 51.6 Å². The van der Waals surface area contributed by atoms with Gasteiger partial charge in [0.2, 0.25) is 0 Å². The second-order valence-electron chi connectivity index (χ2n) is 8.57. The van der Waals surface area contributed by atoms with Gasteiger partial charge in [-0.1, -0.05) is 19.4 Å².